The summed E-state index contributed by atoms with van der Waals surface area (Å²) in [5, 5.41) is 9.99. The Bertz CT molecular complexity index is 322. The van der Waals surface area contributed by atoms with Gasteiger partial charge in [0.1, 0.15) is 16.1 Å². The second-order valence-corrected chi connectivity index (χ2v) is 2.73. The Kier molecular flexibility index (Phi) is 4.72. The number of aromatic carboxylic acids is 1. The van der Waals surface area contributed by atoms with E-state index in [1.54, 1.807) is 6.92 Å². The number of aromatic nitrogens is 2. The van der Waals surface area contributed by atoms with Crippen molar-refractivity contribution < 1.29 is 28.8 Å². The van der Waals surface area contributed by atoms with Crippen molar-refractivity contribution in [1.82, 2.24) is 9.97 Å². The summed E-state index contributed by atoms with van der Waals surface area (Å²) in [6.07, 6.45) is 0. The molecule has 0 aliphatic heterocycles. The number of carboxylic acid groups (broad SMARTS) is 1. The molecule has 0 aromatic carbocycles. The maximum Gasteiger partial charge on any atom is 1.00 e. The van der Waals surface area contributed by atoms with E-state index in [4.69, 9.17) is 23.2 Å². The van der Waals surface area contributed by atoms with Crippen LogP contribution in [0.3, 0.4) is 0 Å². The molecule has 0 saturated heterocycles. The van der Waals surface area contributed by atoms with Gasteiger partial charge in [0.05, 0.1) is 11.5 Å². The first-order chi connectivity index (χ1) is 5.52. The summed E-state index contributed by atoms with van der Waals surface area (Å²) < 4.78 is 0. The molecule has 1 aromatic heterocycles. The maximum absolute atomic E-state index is 10.4. The Labute approximate surface area is 96.5 Å². The van der Waals surface area contributed by atoms with Gasteiger partial charge in [-0.3, -0.25) is 0 Å². The van der Waals surface area contributed by atoms with Crippen molar-refractivity contribution in [3.05, 3.63) is 21.7 Å². The summed E-state index contributed by atoms with van der Waals surface area (Å²) in [7, 11) is 0. The van der Waals surface area contributed by atoms with Crippen LogP contribution in [-0.4, -0.2) is 15.9 Å². The second kappa shape index (κ2) is 4.82. The van der Waals surface area contributed by atoms with E-state index in [1.807, 2.05) is 0 Å². The van der Waals surface area contributed by atoms with E-state index in [9.17, 15) is 9.90 Å². The minimum atomic E-state index is -1.48. The predicted molar refractivity (Wildman–Crippen MR) is 41.1 cm³/mol. The van der Waals surface area contributed by atoms with Crippen LogP contribution in [-0.2, 0) is 0 Å². The summed E-state index contributed by atoms with van der Waals surface area (Å²) >= 11 is 10.9. The van der Waals surface area contributed by atoms with Gasteiger partial charge in [-0.25, -0.2) is 9.97 Å². The van der Waals surface area contributed by atoms with E-state index in [0.29, 0.717) is 5.82 Å². The molecule has 13 heavy (non-hydrogen) atoms. The Morgan fingerprint density at radius 2 is 1.69 bits per heavy atom. The molecule has 0 aliphatic rings. The minimum Gasteiger partial charge on any atom is -0.545 e. The quantitative estimate of drug-likeness (QED) is 0.380. The molecule has 4 nitrogen and oxygen atoms in total. The van der Waals surface area contributed by atoms with Crippen molar-refractivity contribution in [1.29, 1.82) is 0 Å². The van der Waals surface area contributed by atoms with E-state index in [-0.39, 0.29) is 34.7 Å². The van der Waals surface area contributed by atoms with Crippen molar-refractivity contribution in [3.63, 3.8) is 0 Å². The predicted octanol–water partition coefficient (Wildman–Crippen LogP) is -2.54. The van der Waals surface area contributed by atoms with E-state index in [1.165, 1.54) is 0 Å². The van der Waals surface area contributed by atoms with Gasteiger partial charge in [-0.15, -0.1) is 0 Å². The summed E-state index contributed by atoms with van der Waals surface area (Å²) in [6, 6.07) is 0. The first-order valence-corrected chi connectivity index (χ1v) is 3.69. The molecule has 0 N–H and O–H groups in total. The summed E-state index contributed by atoms with van der Waals surface area (Å²) in [4.78, 5) is 17.6. The number of rotatable bonds is 1. The molecule has 0 bridgehead atoms. The van der Waals surface area contributed by atoms with Gasteiger partial charge in [-0.05, 0) is 6.92 Å². The van der Waals surface area contributed by atoms with Crippen LogP contribution in [0.25, 0.3) is 0 Å². The fraction of sp³-hybridized carbons (Fsp3) is 0.167. The van der Waals surface area contributed by atoms with Crippen LogP contribution < -0.4 is 24.0 Å². The molecule has 1 rings (SSSR count). The van der Waals surface area contributed by atoms with Crippen molar-refractivity contribution >= 4 is 29.2 Å². The zero-order valence-electron chi connectivity index (χ0n) is 6.97. The molecule has 0 unspecified atom stereocenters. The van der Waals surface area contributed by atoms with Gasteiger partial charge in [0.2, 0.25) is 0 Å². The van der Waals surface area contributed by atoms with Crippen molar-refractivity contribution in [2.75, 3.05) is 0 Å². The topological polar surface area (TPSA) is 65.9 Å². The molecular formula is C6H3Cl2LiN2O2. The van der Waals surface area contributed by atoms with Gasteiger partial charge in [-0.2, -0.15) is 0 Å². The summed E-state index contributed by atoms with van der Waals surface area (Å²) in [6.45, 7) is 1.55. The number of nitrogens with zero attached hydrogens (tertiary/aromatic N) is 2. The van der Waals surface area contributed by atoms with Gasteiger partial charge in [0.15, 0.2) is 0 Å². The fourth-order valence-electron chi connectivity index (χ4n) is 0.674. The van der Waals surface area contributed by atoms with E-state index < -0.39 is 5.97 Å². The van der Waals surface area contributed by atoms with Crippen LogP contribution in [0, 0.1) is 6.92 Å². The van der Waals surface area contributed by atoms with Gasteiger partial charge in [0.25, 0.3) is 0 Å². The molecule has 0 spiro atoms. The molecule has 0 amide bonds. The van der Waals surface area contributed by atoms with Gasteiger partial charge >= 0.3 is 18.9 Å². The van der Waals surface area contributed by atoms with Gasteiger partial charge < -0.3 is 9.90 Å². The first-order valence-electron chi connectivity index (χ1n) is 2.93. The number of carbonyl (C=O) groups is 1. The Hall–Kier alpha value is -0.273. The Morgan fingerprint density at radius 1 is 1.31 bits per heavy atom. The SMILES string of the molecule is Cc1nc(Cl)c(C(=O)[O-])c(Cl)n1.[Li+]. The normalized spacial score (nSPS) is 9.15. The number of carboxylic acids is 1. The molecule has 0 atom stereocenters. The number of aryl methyl sites for hydroxylation is 1. The number of hydrogen-bond acceptors (Lipinski definition) is 4. The average molecular weight is 213 g/mol. The van der Waals surface area contributed by atoms with Crippen LogP contribution in [0.1, 0.15) is 16.2 Å². The van der Waals surface area contributed by atoms with Crippen molar-refractivity contribution in [2.45, 2.75) is 6.92 Å². The molecule has 7 heteroatoms. The van der Waals surface area contributed by atoms with Crippen LogP contribution in [0.5, 0.6) is 0 Å². The standard InChI is InChI=1S/C6H4Cl2N2O2.Li/c1-2-9-4(7)3(6(11)12)5(8)10-2;/h1H3,(H,11,12);/q;+1/p-1. The van der Waals surface area contributed by atoms with Gasteiger partial charge in [-0.1, -0.05) is 23.2 Å². The monoisotopic (exact) mass is 212 g/mol. The van der Waals surface area contributed by atoms with Crippen LogP contribution >= 0.6 is 23.2 Å². The molecule has 1 aromatic rings. The smallest absolute Gasteiger partial charge is 0.545 e. The van der Waals surface area contributed by atoms with E-state index in [2.05, 4.69) is 9.97 Å². The Morgan fingerprint density at radius 3 is 2.00 bits per heavy atom. The zero-order valence-corrected chi connectivity index (χ0v) is 8.48. The molecule has 0 radical (unpaired) electrons. The molecular weight excluding hydrogens is 210 g/mol. The van der Waals surface area contributed by atoms with Crippen molar-refractivity contribution in [2.24, 2.45) is 0 Å². The fourth-order valence-corrected chi connectivity index (χ4v) is 1.30. The first kappa shape index (κ1) is 12.7. The number of halogens is 2. The van der Waals surface area contributed by atoms with Crippen LogP contribution in [0.2, 0.25) is 10.3 Å². The average Bonchev–Trinajstić information content (AvgIpc) is 1.82. The minimum absolute atomic E-state index is 0. The number of hydrogen-bond donors (Lipinski definition) is 0. The molecule has 1 heterocycles. The molecule has 0 fully saturated rings. The van der Waals surface area contributed by atoms with Crippen LogP contribution in [0.4, 0.5) is 0 Å². The summed E-state index contributed by atoms with van der Waals surface area (Å²) in [5.74, 6) is -1.17. The largest absolute Gasteiger partial charge is 1.00 e. The second-order valence-electron chi connectivity index (χ2n) is 2.01. The zero-order chi connectivity index (χ0) is 9.30. The van der Waals surface area contributed by atoms with E-state index >= 15 is 0 Å². The van der Waals surface area contributed by atoms with Crippen LogP contribution in [0.15, 0.2) is 0 Å². The van der Waals surface area contributed by atoms with Crippen molar-refractivity contribution in [3.8, 4) is 0 Å². The molecule has 64 valence electrons. The third kappa shape index (κ3) is 2.85. The molecule has 0 aliphatic carbocycles. The molecule has 0 saturated carbocycles. The maximum atomic E-state index is 10.4. The number of carbonyl (C=O) groups excluding carboxylic acids is 1. The summed E-state index contributed by atoms with van der Waals surface area (Å²) in [5.41, 5.74) is -0.371. The third-order valence-electron chi connectivity index (χ3n) is 1.14. The third-order valence-corrected chi connectivity index (χ3v) is 1.68. The van der Waals surface area contributed by atoms with Gasteiger partial charge in [0, 0.05) is 0 Å². The van der Waals surface area contributed by atoms with E-state index in [0.717, 1.165) is 0 Å². The Balaban J connectivity index is 0.00000144.